The van der Waals surface area contributed by atoms with E-state index in [2.05, 4.69) is 158 Å². The maximum atomic E-state index is 6.31. The van der Waals surface area contributed by atoms with Crippen molar-refractivity contribution in [3.05, 3.63) is 229 Å². The number of benzene rings is 9. The fourth-order valence-corrected chi connectivity index (χ4v) is 9.36. The fourth-order valence-electron chi connectivity index (χ4n) is 9.36. The minimum Gasteiger partial charge on any atom is -0.436 e. The molecule has 0 saturated carbocycles. The number of nitrogens with zero attached hydrogens (tertiary/aromatic N) is 2. The van der Waals surface area contributed by atoms with E-state index < -0.39 is 5.41 Å². The minimum atomic E-state index is -0.538. The molecule has 276 valence electrons. The van der Waals surface area contributed by atoms with Crippen molar-refractivity contribution in [3.63, 3.8) is 0 Å². The smallest absolute Gasteiger partial charge is 0.227 e. The summed E-state index contributed by atoms with van der Waals surface area (Å²) in [6, 6.07) is 73.4. The first-order valence-corrected chi connectivity index (χ1v) is 20.0. The first kappa shape index (κ1) is 33.3. The molecule has 0 saturated heterocycles. The zero-order valence-electron chi connectivity index (χ0n) is 31.8. The van der Waals surface area contributed by atoms with Gasteiger partial charge in [0.15, 0.2) is 11.2 Å². The van der Waals surface area contributed by atoms with E-state index in [0.29, 0.717) is 11.8 Å². The van der Waals surface area contributed by atoms with Gasteiger partial charge in [0, 0.05) is 11.1 Å². The highest BCUT2D eigenvalue weighted by Gasteiger charge is 2.47. The highest BCUT2D eigenvalue weighted by Crippen LogP contribution is 2.58. The van der Waals surface area contributed by atoms with Crippen LogP contribution >= 0.6 is 0 Å². The first-order chi connectivity index (χ1) is 29.2. The third kappa shape index (κ3) is 5.23. The van der Waals surface area contributed by atoms with Crippen LogP contribution in [0.25, 0.3) is 89.3 Å². The van der Waals surface area contributed by atoms with Crippen LogP contribution in [0, 0.1) is 0 Å². The van der Waals surface area contributed by atoms with Gasteiger partial charge in [-0.2, -0.15) is 0 Å². The van der Waals surface area contributed by atoms with Gasteiger partial charge in [-0.05, 0) is 121 Å². The highest BCUT2D eigenvalue weighted by molar-refractivity contribution is 6.01. The van der Waals surface area contributed by atoms with Crippen molar-refractivity contribution in [2.24, 2.45) is 0 Å². The Morgan fingerprint density at radius 2 is 0.864 bits per heavy atom. The van der Waals surface area contributed by atoms with E-state index in [1.807, 2.05) is 48.5 Å². The Morgan fingerprint density at radius 1 is 0.356 bits per heavy atom. The van der Waals surface area contributed by atoms with Crippen LogP contribution < -0.4 is 0 Å². The summed E-state index contributed by atoms with van der Waals surface area (Å²) in [5.41, 5.74) is 16.2. The summed E-state index contributed by atoms with van der Waals surface area (Å²) in [6.45, 7) is 0. The molecule has 0 atom stereocenters. The van der Waals surface area contributed by atoms with Crippen LogP contribution in [0.4, 0.5) is 0 Å². The monoisotopic (exact) mass is 754 g/mol. The van der Waals surface area contributed by atoms with E-state index in [1.54, 1.807) is 0 Å². The number of hydrogen-bond acceptors (Lipinski definition) is 4. The molecule has 11 aromatic rings. The van der Waals surface area contributed by atoms with Crippen LogP contribution in [-0.4, -0.2) is 9.97 Å². The van der Waals surface area contributed by atoms with Gasteiger partial charge in [-0.15, -0.1) is 0 Å². The van der Waals surface area contributed by atoms with Gasteiger partial charge in [0.2, 0.25) is 11.8 Å². The predicted octanol–water partition coefficient (Wildman–Crippen LogP) is 14.2. The average Bonchev–Trinajstić information content (AvgIpc) is 4.03. The molecule has 0 unspecified atom stereocenters. The van der Waals surface area contributed by atoms with Gasteiger partial charge in [0.05, 0.1) is 5.41 Å². The third-order valence-corrected chi connectivity index (χ3v) is 12.0. The lowest BCUT2D eigenvalue weighted by molar-refractivity contribution is 0.617. The quantitative estimate of drug-likeness (QED) is 0.170. The van der Waals surface area contributed by atoms with Crippen LogP contribution in [0.15, 0.2) is 215 Å². The Kier molecular flexibility index (Phi) is 7.41. The standard InChI is InChI=1S/C55H34N2O2/c1-3-17-42(18-4-1)55(43-19-5-2-6-20-43)47-34-38(27-28-45(47)46-29-26-35-14-7-8-21-44(35)52(46)55)36-15-13-16-37(30-36)39-31-40(53-56-48-22-9-11-24-50(48)58-53)33-41(32-39)54-57-49-23-10-12-25-51(49)59-54/h1-34H. The Labute approximate surface area is 340 Å². The van der Waals surface area contributed by atoms with E-state index in [0.717, 1.165) is 55.6 Å². The van der Waals surface area contributed by atoms with Gasteiger partial charge in [-0.3, -0.25) is 0 Å². The lowest BCUT2D eigenvalue weighted by Gasteiger charge is -2.35. The average molecular weight is 755 g/mol. The third-order valence-electron chi connectivity index (χ3n) is 12.0. The van der Waals surface area contributed by atoms with Crippen LogP contribution in [0.1, 0.15) is 22.3 Å². The molecule has 0 N–H and O–H groups in total. The number of fused-ring (bicyclic) bond motifs is 7. The van der Waals surface area contributed by atoms with E-state index in [9.17, 15) is 0 Å². The lowest BCUT2D eigenvalue weighted by Crippen LogP contribution is -2.28. The van der Waals surface area contributed by atoms with Gasteiger partial charge >= 0.3 is 0 Å². The molecule has 4 heteroatoms. The van der Waals surface area contributed by atoms with Crippen LogP contribution in [0.3, 0.4) is 0 Å². The summed E-state index contributed by atoms with van der Waals surface area (Å²) >= 11 is 0. The summed E-state index contributed by atoms with van der Waals surface area (Å²) < 4.78 is 12.6. The summed E-state index contributed by atoms with van der Waals surface area (Å²) in [5.74, 6) is 1.09. The van der Waals surface area contributed by atoms with E-state index >= 15 is 0 Å². The van der Waals surface area contributed by atoms with Crippen LogP contribution in [-0.2, 0) is 5.41 Å². The SMILES string of the molecule is c1ccc(C2(c3ccccc3)c3cc(-c4cccc(-c5cc(-c6nc7ccccc7o6)cc(-c6nc7ccccc7o6)c5)c4)ccc3-c3ccc4ccccc4c32)cc1. The molecule has 0 bridgehead atoms. The predicted molar refractivity (Wildman–Crippen MR) is 238 cm³/mol. The molecular formula is C55H34N2O2. The molecule has 0 aliphatic heterocycles. The number of rotatable bonds is 6. The lowest BCUT2D eigenvalue weighted by atomic mass is 9.66. The maximum absolute atomic E-state index is 6.31. The molecule has 1 aliphatic rings. The zero-order chi connectivity index (χ0) is 38.9. The number of para-hydroxylation sites is 4. The summed E-state index contributed by atoms with van der Waals surface area (Å²) in [4.78, 5) is 9.75. The Morgan fingerprint density at radius 3 is 1.51 bits per heavy atom. The van der Waals surface area contributed by atoms with Gasteiger partial charge < -0.3 is 8.83 Å². The molecule has 1 aliphatic carbocycles. The normalized spacial score (nSPS) is 12.9. The van der Waals surface area contributed by atoms with E-state index in [-0.39, 0.29) is 0 Å². The van der Waals surface area contributed by atoms with Crippen molar-refractivity contribution in [1.29, 1.82) is 0 Å². The molecule has 0 amide bonds. The van der Waals surface area contributed by atoms with Crippen LogP contribution in [0.2, 0.25) is 0 Å². The zero-order valence-corrected chi connectivity index (χ0v) is 31.8. The van der Waals surface area contributed by atoms with Crippen molar-refractivity contribution in [1.82, 2.24) is 9.97 Å². The van der Waals surface area contributed by atoms with E-state index in [1.165, 1.54) is 44.2 Å². The molecule has 0 radical (unpaired) electrons. The minimum absolute atomic E-state index is 0.538. The molecule has 2 aromatic heterocycles. The molecule has 4 nitrogen and oxygen atoms in total. The second-order valence-electron chi connectivity index (χ2n) is 15.3. The first-order valence-electron chi connectivity index (χ1n) is 20.0. The molecule has 0 fully saturated rings. The highest BCUT2D eigenvalue weighted by atomic mass is 16.4. The van der Waals surface area contributed by atoms with Crippen molar-refractivity contribution in [3.8, 4) is 56.3 Å². The molecule has 59 heavy (non-hydrogen) atoms. The largest absolute Gasteiger partial charge is 0.436 e. The van der Waals surface area contributed by atoms with Gasteiger partial charge in [0.1, 0.15) is 11.0 Å². The fraction of sp³-hybridized carbons (Fsp3) is 0.0182. The molecule has 2 heterocycles. The summed E-state index contributed by atoms with van der Waals surface area (Å²) in [7, 11) is 0. The van der Waals surface area contributed by atoms with Gasteiger partial charge in [-0.25, -0.2) is 9.97 Å². The molecule has 9 aromatic carbocycles. The summed E-state index contributed by atoms with van der Waals surface area (Å²) in [5, 5.41) is 2.51. The number of oxazole rings is 2. The summed E-state index contributed by atoms with van der Waals surface area (Å²) in [6.07, 6.45) is 0. The molecule has 12 rings (SSSR count). The van der Waals surface area contributed by atoms with Gasteiger partial charge in [-0.1, -0.05) is 152 Å². The Balaban J connectivity index is 1.05. The Hall–Kier alpha value is -7.82. The molecule has 0 spiro atoms. The molecular weight excluding hydrogens is 721 g/mol. The van der Waals surface area contributed by atoms with Crippen molar-refractivity contribution >= 4 is 33.0 Å². The van der Waals surface area contributed by atoms with Crippen LogP contribution in [0.5, 0.6) is 0 Å². The second-order valence-corrected chi connectivity index (χ2v) is 15.3. The van der Waals surface area contributed by atoms with Gasteiger partial charge in [0.25, 0.3) is 0 Å². The van der Waals surface area contributed by atoms with E-state index in [4.69, 9.17) is 18.8 Å². The number of hydrogen-bond donors (Lipinski definition) is 0. The second kappa shape index (κ2) is 13.1. The Bertz CT molecular complexity index is 3200. The van der Waals surface area contributed by atoms with Crippen molar-refractivity contribution in [2.45, 2.75) is 5.41 Å². The number of aromatic nitrogens is 2. The topological polar surface area (TPSA) is 52.1 Å². The maximum Gasteiger partial charge on any atom is 0.227 e. The van der Waals surface area contributed by atoms with Crippen molar-refractivity contribution in [2.75, 3.05) is 0 Å². The van der Waals surface area contributed by atoms with Crippen molar-refractivity contribution < 1.29 is 8.83 Å².